The number of aromatic nitrogens is 1. The molecule has 154 valence electrons. The van der Waals surface area contributed by atoms with Crippen LogP contribution in [0.5, 0.6) is 5.75 Å². The Morgan fingerprint density at radius 3 is 2.40 bits per heavy atom. The molecule has 0 saturated carbocycles. The lowest BCUT2D eigenvalue weighted by Crippen LogP contribution is -2.23. The number of Topliss-reactive ketones (excluding diaryl/α,β-unsaturated/α-hetero) is 1. The van der Waals surface area contributed by atoms with Gasteiger partial charge in [-0.3, -0.25) is 14.6 Å². The van der Waals surface area contributed by atoms with Crippen LogP contribution < -0.4 is 10.1 Å². The molecule has 0 radical (unpaired) electrons. The lowest BCUT2D eigenvalue weighted by molar-refractivity contribution is -0.121. The summed E-state index contributed by atoms with van der Waals surface area (Å²) in [5, 5.41) is 2.79. The number of aryl methyl sites for hydroxylation is 1. The number of carbonyl (C=O) groups excluding carboxylic acids is 2. The van der Waals surface area contributed by atoms with Gasteiger partial charge in [0.25, 0.3) is 0 Å². The van der Waals surface area contributed by atoms with Crippen molar-refractivity contribution in [1.29, 1.82) is 0 Å². The number of rotatable bonds is 9. The number of hydrogen-bond acceptors (Lipinski definition) is 4. The number of benzene rings is 2. The van der Waals surface area contributed by atoms with Gasteiger partial charge >= 0.3 is 0 Å². The highest BCUT2D eigenvalue weighted by molar-refractivity contribution is 5.98. The molecule has 0 aliphatic carbocycles. The molecule has 0 atom stereocenters. The van der Waals surface area contributed by atoms with Crippen LogP contribution in [0.2, 0.25) is 0 Å². The lowest BCUT2D eigenvalue weighted by atomic mass is 9.98. The van der Waals surface area contributed by atoms with Crippen LogP contribution in [0.15, 0.2) is 66.9 Å². The fourth-order valence-electron chi connectivity index (χ4n) is 3.23. The molecule has 1 N–H and O–H groups in total. The molecule has 5 heteroatoms. The number of carbonyl (C=O) groups is 2. The van der Waals surface area contributed by atoms with Crippen LogP contribution in [-0.2, 0) is 17.8 Å². The first-order valence-corrected chi connectivity index (χ1v) is 10.1. The maximum Gasteiger partial charge on any atom is 0.220 e. The Hall–Kier alpha value is -3.47. The van der Waals surface area contributed by atoms with Gasteiger partial charge in [0, 0.05) is 24.6 Å². The summed E-state index contributed by atoms with van der Waals surface area (Å²) in [5.74, 6) is 0.684. The second-order valence-electron chi connectivity index (χ2n) is 6.98. The van der Waals surface area contributed by atoms with E-state index in [4.69, 9.17) is 4.74 Å². The average molecular weight is 402 g/mol. The van der Waals surface area contributed by atoms with Gasteiger partial charge in [-0.1, -0.05) is 43.3 Å². The summed E-state index contributed by atoms with van der Waals surface area (Å²) in [7, 11) is 1.67. The first-order chi connectivity index (χ1) is 14.6. The Bertz CT molecular complexity index is 999. The second-order valence-corrected chi connectivity index (χ2v) is 6.98. The molecule has 0 aliphatic rings. The van der Waals surface area contributed by atoms with Gasteiger partial charge in [0.05, 0.1) is 19.3 Å². The standard InChI is InChI=1S/C25H26N2O3/c1-3-18-16-21(11-13-24(18)30-2)19-7-9-20(10-8-19)23(28)12-14-25(29)27-17-22-6-4-5-15-26-22/h4-11,13,15-16H,3,12,14,17H2,1-2H3,(H,27,29). The molecule has 0 aliphatic heterocycles. The van der Waals surface area contributed by atoms with Crippen molar-refractivity contribution in [2.75, 3.05) is 7.11 Å². The van der Waals surface area contributed by atoms with E-state index in [0.29, 0.717) is 12.1 Å². The molecule has 0 saturated heterocycles. The van der Waals surface area contributed by atoms with E-state index in [0.717, 1.165) is 34.6 Å². The third-order valence-electron chi connectivity index (χ3n) is 4.97. The first-order valence-electron chi connectivity index (χ1n) is 10.1. The summed E-state index contributed by atoms with van der Waals surface area (Å²) in [5.41, 5.74) is 4.67. The second kappa shape index (κ2) is 10.3. The minimum Gasteiger partial charge on any atom is -0.496 e. The molecule has 0 bridgehead atoms. The van der Waals surface area contributed by atoms with Crippen LogP contribution in [0.25, 0.3) is 11.1 Å². The molecule has 1 amide bonds. The number of methoxy groups -OCH3 is 1. The summed E-state index contributed by atoms with van der Waals surface area (Å²) in [6, 6.07) is 19.2. The maximum atomic E-state index is 12.4. The highest BCUT2D eigenvalue weighted by Gasteiger charge is 2.11. The SMILES string of the molecule is CCc1cc(-c2ccc(C(=O)CCC(=O)NCc3ccccn3)cc2)ccc1OC. The van der Waals surface area contributed by atoms with Gasteiger partial charge in [-0.25, -0.2) is 0 Å². The van der Waals surface area contributed by atoms with Crippen LogP contribution >= 0.6 is 0 Å². The van der Waals surface area contributed by atoms with Crippen molar-refractivity contribution >= 4 is 11.7 Å². The number of pyridine rings is 1. The largest absolute Gasteiger partial charge is 0.496 e. The van der Waals surface area contributed by atoms with E-state index in [1.54, 1.807) is 13.3 Å². The minimum absolute atomic E-state index is 0.0430. The van der Waals surface area contributed by atoms with Gasteiger partial charge in [-0.2, -0.15) is 0 Å². The number of hydrogen-bond donors (Lipinski definition) is 1. The van der Waals surface area contributed by atoms with Gasteiger partial charge in [-0.15, -0.1) is 0 Å². The van der Waals surface area contributed by atoms with E-state index in [2.05, 4.69) is 23.3 Å². The summed E-state index contributed by atoms with van der Waals surface area (Å²) in [6.45, 7) is 2.46. The normalized spacial score (nSPS) is 10.5. The molecule has 1 aromatic heterocycles. The Balaban J connectivity index is 1.55. The average Bonchev–Trinajstić information content (AvgIpc) is 2.81. The minimum atomic E-state index is -0.157. The molecule has 0 spiro atoms. The molecule has 30 heavy (non-hydrogen) atoms. The molecule has 5 nitrogen and oxygen atoms in total. The Morgan fingerprint density at radius 2 is 1.73 bits per heavy atom. The van der Waals surface area contributed by atoms with Crippen molar-refractivity contribution in [2.45, 2.75) is 32.7 Å². The number of nitrogens with zero attached hydrogens (tertiary/aromatic N) is 1. The molecule has 0 unspecified atom stereocenters. The highest BCUT2D eigenvalue weighted by Crippen LogP contribution is 2.27. The van der Waals surface area contributed by atoms with Gasteiger partial charge < -0.3 is 10.1 Å². The van der Waals surface area contributed by atoms with Crippen LogP contribution in [0, 0.1) is 0 Å². The van der Waals surface area contributed by atoms with Crippen molar-refractivity contribution in [3.8, 4) is 16.9 Å². The van der Waals surface area contributed by atoms with Gasteiger partial charge in [0.2, 0.25) is 5.91 Å². The third kappa shape index (κ3) is 5.54. The summed E-state index contributed by atoms with van der Waals surface area (Å²) >= 11 is 0. The molecule has 3 aromatic rings. The van der Waals surface area contributed by atoms with E-state index < -0.39 is 0 Å². The molecule has 1 heterocycles. The third-order valence-corrected chi connectivity index (χ3v) is 4.97. The predicted octanol–water partition coefficient (Wildman–Crippen LogP) is 4.60. The fraction of sp³-hybridized carbons (Fsp3) is 0.240. The summed E-state index contributed by atoms with van der Waals surface area (Å²) < 4.78 is 5.39. The fourth-order valence-corrected chi connectivity index (χ4v) is 3.23. The highest BCUT2D eigenvalue weighted by atomic mass is 16.5. The van der Waals surface area contributed by atoms with Crippen molar-refractivity contribution in [3.05, 3.63) is 83.7 Å². The van der Waals surface area contributed by atoms with Crippen molar-refractivity contribution in [2.24, 2.45) is 0 Å². The van der Waals surface area contributed by atoms with E-state index in [1.807, 2.05) is 54.6 Å². The summed E-state index contributed by atoms with van der Waals surface area (Å²) in [6.07, 6.45) is 2.90. The lowest BCUT2D eigenvalue weighted by Gasteiger charge is -2.10. The zero-order valence-corrected chi connectivity index (χ0v) is 17.4. The van der Waals surface area contributed by atoms with Crippen LogP contribution in [-0.4, -0.2) is 23.8 Å². The van der Waals surface area contributed by atoms with Crippen LogP contribution in [0.1, 0.15) is 41.4 Å². The topological polar surface area (TPSA) is 68.3 Å². The Kier molecular flexibility index (Phi) is 7.33. The molecule has 0 fully saturated rings. The van der Waals surface area contributed by atoms with Gasteiger partial charge in [0.1, 0.15) is 5.75 Å². The smallest absolute Gasteiger partial charge is 0.220 e. The number of ketones is 1. The predicted molar refractivity (Wildman–Crippen MR) is 117 cm³/mol. The zero-order valence-electron chi connectivity index (χ0n) is 17.4. The maximum absolute atomic E-state index is 12.4. The Labute approximate surface area is 177 Å². The van der Waals surface area contributed by atoms with Crippen molar-refractivity contribution < 1.29 is 14.3 Å². The van der Waals surface area contributed by atoms with Crippen molar-refractivity contribution in [1.82, 2.24) is 10.3 Å². The number of ether oxygens (including phenoxy) is 1. The van der Waals surface area contributed by atoms with E-state index in [-0.39, 0.29) is 24.5 Å². The Morgan fingerprint density at radius 1 is 0.967 bits per heavy atom. The zero-order chi connectivity index (χ0) is 21.3. The molecule has 3 rings (SSSR count). The molecule has 2 aromatic carbocycles. The quantitative estimate of drug-likeness (QED) is 0.531. The first kappa shape index (κ1) is 21.2. The number of nitrogens with one attached hydrogen (secondary N) is 1. The van der Waals surface area contributed by atoms with E-state index >= 15 is 0 Å². The molecular weight excluding hydrogens is 376 g/mol. The number of amides is 1. The summed E-state index contributed by atoms with van der Waals surface area (Å²) in [4.78, 5) is 28.6. The van der Waals surface area contributed by atoms with Crippen LogP contribution in [0.4, 0.5) is 0 Å². The van der Waals surface area contributed by atoms with Crippen molar-refractivity contribution in [3.63, 3.8) is 0 Å². The van der Waals surface area contributed by atoms with Crippen LogP contribution in [0.3, 0.4) is 0 Å². The van der Waals surface area contributed by atoms with Gasteiger partial charge in [-0.05, 0) is 47.4 Å². The monoisotopic (exact) mass is 402 g/mol. The van der Waals surface area contributed by atoms with E-state index in [9.17, 15) is 9.59 Å². The molecular formula is C25H26N2O3. The van der Waals surface area contributed by atoms with Gasteiger partial charge in [0.15, 0.2) is 5.78 Å². The van der Waals surface area contributed by atoms with E-state index in [1.165, 1.54) is 0 Å².